The molecule has 126 valence electrons. The molecule has 0 atom stereocenters. The Morgan fingerprint density at radius 3 is 2.48 bits per heavy atom. The van der Waals surface area contributed by atoms with Crippen LogP contribution in [0.1, 0.15) is 12.0 Å². The van der Waals surface area contributed by atoms with Gasteiger partial charge in [-0.1, -0.05) is 30.3 Å². The summed E-state index contributed by atoms with van der Waals surface area (Å²) in [5.74, 6) is 1.14. The number of hydrogen-bond acceptors (Lipinski definition) is 4. The van der Waals surface area contributed by atoms with Crippen molar-refractivity contribution in [1.29, 1.82) is 0 Å². The number of rotatable bonds is 7. The molecule has 1 saturated heterocycles. The third kappa shape index (κ3) is 6.23. The van der Waals surface area contributed by atoms with Gasteiger partial charge in [-0.05, 0) is 11.8 Å². The second-order valence-electron chi connectivity index (χ2n) is 5.66. The fraction of sp³-hybridized carbons (Fsp3) is 0.529. The molecule has 1 aliphatic heterocycles. The fourth-order valence-corrected chi connectivity index (χ4v) is 2.94. The predicted molar refractivity (Wildman–Crippen MR) is 94.3 cm³/mol. The molecule has 0 spiro atoms. The summed E-state index contributed by atoms with van der Waals surface area (Å²) in [4.78, 5) is 28.0. The predicted octanol–water partition coefficient (Wildman–Crippen LogP) is 1.20. The highest BCUT2D eigenvalue weighted by molar-refractivity contribution is 7.98. The molecule has 0 saturated carbocycles. The van der Waals surface area contributed by atoms with Gasteiger partial charge in [-0.15, -0.1) is 0 Å². The monoisotopic (exact) mass is 335 g/mol. The van der Waals surface area contributed by atoms with Crippen molar-refractivity contribution >= 4 is 23.6 Å². The first-order valence-electron chi connectivity index (χ1n) is 7.98. The number of amides is 2. The summed E-state index contributed by atoms with van der Waals surface area (Å²) < 4.78 is 0. The van der Waals surface area contributed by atoms with Gasteiger partial charge in [0.25, 0.3) is 0 Å². The quantitative estimate of drug-likeness (QED) is 0.813. The number of hydrogen-bond donors (Lipinski definition) is 1. The van der Waals surface area contributed by atoms with E-state index < -0.39 is 0 Å². The summed E-state index contributed by atoms with van der Waals surface area (Å²) in [5, 5.41) is 2.94. The third-order valence-corrected chi connectivity index (χ3v) is 4.56. The van der Waals surface area contributed by atoms with E-state index in [0.717, 1.165) is 37.5 Å². The Bertz CT molecular complexity index is 502. The molecule has 0 aliphatic carbocycles. The molecule has 0 unspecified atom stereocenters. The topological polar surface area (TPSA) is 52.7 Å². The summed E-state index contributed by atoms with van der Waals surface area (Å²) >= 11 is 1.70. The number of nitrogens with zero attached hydrogens (tertiary/aromatic N) is 2. The molecule has 2 amide bonds. The average Bonchev–Trinajstić information content (AvgIpc) is 2.59. The van der Waals surface area contributed by atoms with Gasteiger partial charge in [0.15, 0.2) is 0 Å². The summed E-state index contributed by atoms with van der Waals surface area (Å²) in [6.07, 6.45) is 2.62. The fourth-order valence-electron chi connectivity index (χ4n) is 2.56. The largest absolute Gasteiger partial charge is 0.351 e. The van der Waals surface area contributed by atoms with Gasteiger partial charge < -0.3 is 10.2 Å². The molecule has 1 aromatic rings. The summed E-state index contributed by atoms with van der Waals surface area (Å²) in [7, 11) is 0. The van der Waals surface area contributed by atoms with Crippen LogP contribution < -0.4 is 5.32 Å². The highest BCUT2D eigenvalue weighted by Crippen LogP contribution is 2.06. The van der Waals surface area contributed by atoms with Crippen molar-refractivity contribution in [2.75, 3.05) is 44.7 Å². The van der Waals surface area contributed by atoms with Crippen LogP contribution in [0.5, 0.6) is 0 Å². The van der Waals surface area contributed by atoms with Crippen molar-refractivity contribution in [2.24, 2.45) is 0 Å². The molecule has 1 fully saturated rings. The molecule has 1 N–H and O–H groups in total. The number of thioether (sulfide) groups is 1. The van der Waals surface area contributed by atoms with Gasteiger partial charge in [0.2, 0.25) is 11.8 Å². The molecule has 5 nitrogen and oxygen atoms in total. The van der Waals surface area contributed by atoms with Crippen LogP contribution in [-0.4, -0.2) is 66.3 Å². The van der Waals surface area contributed by atoms with Gasteiger partial charge in [0, 0.05) is 44.9 Å². The van der Waals surface area contributed by atoms with E-state index in [1.807, 2.05) is 41.5 Å². The smallest absolute Gasteiger partial charge is 0.234 e. The molecule has 1 heterocycles. The van der Waals surface area contributed by atoms with E-state index in [0.29, 0.717) is 19.5 Å². The van der Waals surface area contributed by atoms with Crippen LogP contribution in [0.25, 0.3) is 0 Å². The van der Waals surface area contributed by atoms with E-state index >= 15 is 0 Å². The Hall–Kier alpha value is -1.53. The van der Waals surface area contributed by atoms with Crippen LogP contribution in [-0.2, 0) is 16.1 Å². The molecular weight excluding hydrogens is 310 g/mol. The summed E-state index contributed by atoms with van der Waals surface area (Å²) in [6.45, 7) is 3.94. The molecule has 23 heavy (non-hydrogen) atoms. The third-order valence-electron chi connectivity index (χ3n) is 3.94. The Balaban J connectivity index is 1.65. The van der Waals surface area contributed by atoms with E-state index in [4.69, 9.17) is 0 Å². The maximum atomic E-state index is 12.0. The second-order valence-corrected chi connectivity index (χ2v) is 6.65. The molecule has 1 aliphatic rings. The van der Waals surface area contributed by atoms with Crippen LogP contribution in [0.3, 0.4) is 0 Å². The molecule has 0 bridgehead atoms. The van der Waals surface area contributed by atoms with Crippen molar-refractivity contribution in [3.05, 3.63) is 35.9 Å². The van der Waals surface area contributed by atoms with Crippen LogP contribution >= 0.6 is 11.8 Å². The van der Waals surface area contributed by atoms with Crippen molar-refractivity contribution in [3.63, 3.8) is 0 Å². The maximum Gasteiger partial charge on any atom is 0.234 e. The Morgan fingerprint density at radius 2 is 1.83 bits per heavy atom. The number of nitrogens with one attached hydrogen (secondary N) is 1. The highest BCUT2D eigenvalue weighted by atomic mass is 32.2. The minimum absolute atomic E-state index is 0.0380. The summed E-state index contributed by atoms with van der Waals surface area (Å²) in [5.41, 5.74) is 1.10. The van der Waals surface area contributed by atoms with Crippen molar-refractivity contribution in [2.45, 2.75) is 13.0 Å². The lowest BCUT2D eigenvalue weighted by Crippen LogP contribution is -2.51. The first-order valence-corrected chi connectivity index (χ1v) is 9.38. The van der Waals surface area contributed by atoms with E-state index in [1.165, 1.54) is 0 Å². The van der Waals surface area contributed by atoms with Crippen LogP contribution in [0.2, 0.25) is 0 Å². The van der Waals surface area contributed by atoms with Crippen LogP contribution in [0.4, 0.5) is 0 Å². The Kier molecular flexibility index (Phi) is 7.42. The van der Waals surface area contributed by atoms with Crippen molar-refractivity contribution in [1.82, 2.24) is 15.1 Å². The van der Waals surface area contributed by atoms with E-state index in [1.54, 1.807) is 11.8 Å². The second kappa shape index (κ2) is 9.57. The summed E-state index contributed by atoms with van der Waals surface area (Å²) in [6, 6.07) is 9.90. The van der Waals surface area contributed by atoms with Crippen molar-refractivity contribution < 1.29 is 9.59 Å². The van der Waals surface area contributed by atoms with Gasteiger partial charge in [-0.3, -0.25) is 14.5 Å². The number of piperazine rings is 1. The van der Waals surface area contributed by atoms with Crippen LogP contribution in [0, 0.1) is 0 Å². The Labute approximate surface area is 142 Å². The van der Waals surface area contributed by atoms with Gasteiger partial charge >= 0.3 is 0 Å². The SMILES string of the molecule is CSCCC(=O)N1CCN(CC(=O)NCc2ccccc2)CC1. The lowest BCUT2D eigenvalue weighted by atomic mass is 10.2. The van der Waals surface area contributed by atoms with Crippen LogP contribution in [0.15, 0.2) is 30.3 Å². The zero-order chi connectivity index (χ0) is 16.5. The molecule has 0 radical (unpaired) electrons. The average molecular weight is 335 g/mol. The van der Waals surface area contributed by atoms with E-state index in [-0.39, 0.29) is 11.8 Å². The minimum atomic E-state index is 0.0380. The molecule has 0 aromatic heterocycles. The molecular formula is C17H25N3O2S. The molecule has 6 heteroatoms. The molecule has 1 aromatic carbocycles. The lowest BCUT2D eigenvalue weighted by Gasteiger charge is -2.34. The number of carbonyl (C=O) groups is 2. The normalized spacial score (nSPS) is 15.4. The maximum absolute atomic E-state index is 12.0. The Morgan fingerprint density at radius 1 is 1.13 bits per heavy atom. The van der Waals surface area contributed by atoms with Gasteiger partial charge in [0.05, 0.1) is 6.54 Å². The van der Waals surface area contributed by atoms with E-state index in [2.05, 4.69) is 10.2 Å². The lowest BCUT2D eigenvalue weighted by molar-refractivity contribution is -0.132. The highest BCUT2D eigenvalue weighted by Gasteiger charge is 2.21. The zero-order valence-electron chi connectivity index (χ0n) is 13.7. The first kappa shape index (κ1) is 17.8. The van der Waals surface area contributed by atoms with E-state index in [9.17, 15) is 9.59 Å². The van der Waals surface area contributed by atoms with Crippen molar-refractivity contribution in [3.8, 4) is 0 Å². The first-order chi connectivity index (χ1) is 11.2. The number of benzene rings is 1. The van der Waals surface area contributed by atoms with Gasteiger partial charge in [-0.2, -0.15) is 11.8 Å². The molecule has 2 rings (SSSR count). The van der Waals surface area contributed by atoms with Gasteiger partial charge in [-0.25, -0.2) is 0 Å². The van der Waals surface area contributed by atoms with Gasteiger partial charge in [0.1, 0.15) is 0 Å². The zero-order valence-corrected chi connectivity index (χ0v) is 14.5. The number of carbonyl (C=O) groups excluding carboxylic acids is 2. The minimum Gasteiger partial charge on any atom is -0.351 e. The standard InChI is InChI=1S/C17H25N3O2S/c1-23-12-7-17(22)20-10-8-19(9-11-20)14-16(21)18-13-15-5-3-2-4-6-15/h2-6H,7-14H2,1H3,(H,18,21).